The molecule has 1 aliphatic rings. The van der Waals surface area contributed by atoms with Crippen molar-refractivity contribution in [2.75, 3.05) is 42.9 Å². The summed E-state index contributed by atoms with van der Waals surface area (Å²) in [5.41, 5.74) is 2.42. The molecule has 2 aromatic rings. The zero-order valence-corrected chi connectivity index (χ0v) is 14.1. The van der Waals surface area contributed by atoms with Crippen molar-refractivity contribution in [1.82, 2.24) is 4.90 Å². The minimum absolute atomic E-state index is 0.00444. The van der Waals surface area contributed by atoms with Gasteiger partial charge in [0.1, 0.15) is 11.6 Å². The number of piperazine rings is 1. The minimum Gasteiger partial charge on any atom is -0.369 e. The molecule has 2 aromatic carbocycles. The van der Waals surface area contributed by atoms with Crippen molar-refractivity contribution in [2.45, 2.75) is 6.92 Å². The average Bonchev–Trinajstić information content (AvgIpc) is 2.58. The summed E-state index contributed by atoms with van der Waals surface area (Å²) < 4.78 is 26.5. The number of halogens is 2. The third kappa shape index (κ3) is 4.54. The van der Waals surface area contributed by atoms with E-state index in [1.807, 2.05) is 11.0 Å². The number of aryl methyl sites for hydroxylation is 1. The Kier molecular flexibility index (Phi) is 5.28. The van der Waals surface area contributed by atoms with Crippen LogP contribution in [0.5, 0.6) is 0 Å². The summed E-state index contributed by atoms with van der Waals surface area (Å²) in [6.07, 6.45) is 0. The fraction of sp³-hybridized carbons (Fsp3) is 0.316. The van der Waals surface area contributed by atoms with E-state index in [2.05, 4.69) is 35.3 Å². The Morgan fingerprint density at radius 1 is 1.08 bits per heavy atom. The van der Waals surface area contributed by atoms with Gasteiger partial charge in [0.2, 0.25) is 5.91 Å². The van der Waals surface area contributed by atoms with Crippen LogP contribution in [0.4, 0.5) is 20.2 Å². The first-order valence-corrected chi connectivity index (χ1v) is 8.30. The molecule has 1 amide bonds. The monoisotopic (exact) mass is 345 g/mol. The van der Waals surface area contributed by atoms with E-state index in [1.54, 1.807) is 0 Å². The minimum atomic E-state index is -0.766. The summed E-state index contributed by atoms with van der Waals surface area (Å²) in [4.78, 5) is 16.4. The molecule has 0 radical (unpaired) electrons. The Hall–Kier alpha value is -2.47. The van der Waals surface area contributed by atoms with Gasteiger partial charge in [0.05, 0.1) is 12.2 Å². The first-order chi connectivity index (χ1) is 12.0. The first-order valence-electron chi connectivity index (χ1n) is 8.30. The highest BCUT2D eigenvalue weighted by Gasteiger charge is 2.19. The van der Waals surface area contributed by atoms with Gasteiger partial charge >= 0.3 is 0 Å². The quantitative estimate of drug-likeness (QED) is 0.925. The van der Waals surface area contributed by atoms with Gasteiger partial charge in [-0.1, -0.05) is 12.1 Å². The van der Waals surface area contributed by atoms with Crippen LogP contribution in [0.3, 0.4) is 0 Å². The summed E-state index contributed by atoms with van der Waals surface area (Å²) in [6.45, 7) is 5.45. The number of hydrogen-bond donors (Lipinski definition) is 1. The van der Waals surface area contributed by atoms with Gasteiger partial charge in [-0.15, -0.1) is 0 Å². The maximum Gasteiger partial charge on any atom is 0.238 e. The van der Waals surface area contributed by atoms with Crippen LogP contribution in [0, 0.1) is 18.6 Å². The molecule has 1 N–H and O–H groups in total. The van der Waals surface area contributed by atoms with E-state index in [4.69, 9.17) is 0 Å². The predicted molar refractivity (Wildman–Crippen MR) is 94.8 cm³/mol. The van der Waals surface area contributed by atoms with E-state index in [9.17, 15) is 13.6 Å². The Morgan fingerprint density at radius 2 is 1.84 bits per heavy atom. The molecule has 1 aliphatic heterocycles. The number of amides is 1. The molecule has 0 aliphatic carbocycles. The van der Waals surface area contributed by atoms with E-state index >= 15 is 0 Å². The molecule has 25 heavy (non-hydrogen) atoms. The van der Waals surface area contributed by atoms with Gasteiger partial charge < -0.3 is 10.2 Å². The van der Waals surface area contributed by atoms with Crippen LogP contribution in [-0.2, 0) is 4.79 Å². The van der Waals surface area contributed by atoms with Gasteiger partial charge in [0.15, 0.2) is 0 Å². The Morgan fingerprint density at radius 3 is 2.52 bits per heavy atom. The number of nitrogens with zero attached hydrogens (tertiary/aromatic N) is 2. The first kappa shape index (κ1) is 17.4. The molecular formula is C19H21F2N3O. The number of nitrogens with one attached hydrogen (secondary N) is 1. The molecule has 3 rings (SSSR count). The molecule has 0 saturated carbocycles. The smallest absolute Gasteiger partial charge is 0.238 e. The molecule has 0 atom stereocenters. The number of anilines is 2. The van der Waals surface area contributed by atoms with Crippen molar-refractivity contribution in [2.24, 2.45) is 0 Å². The SMILES string of the molecule is Cc1cccc(N2CCN(CC(=O)Nc3ccc(F)cc3F)CC2)c1. The van der Waals surface area contributed by atoms with Crippen molar-refractivity contribution in [3.8, 4) is 0 Å². The standard InChI is InChI=1S/C19H21F2N3O/c1-14-3-2-4-16(11-14)24-9-7-23(8-10-24)13-19(25)22-18-6-5-15(20)12-17(18)21/h2-6,11-12H,7-10,13H2,1H3,(H,22,25). The molecule has 0 spiro atoms. The van der Waals surface area contributed by atoms with Crippen LogP contribution in [-0.4, -0.2) is 43.5 Å². The van der Waals surface area contributed by atoms with Crippen LogP contribution >= 0.6 is 0 Å². The summed E-state index contributed by atoms with van der Waals surface area (Å²) in [5.74, 6) is -1.73. The van der Waals surface area contributed by atoms with E-state index in [-0.39, 0.29) is 18.1 Å². The summed E-state index contributed by atoms with van der Waals surface area (Å²) >= 11 is 0. The Bertz CT molecular complexity index is 758. The van der Waals surface area contributed by atoms with E-state index in [0.717, 1.165) is 38.3 Å². The second-order valence-electron chi connectivity index (χ2n) is 6.27. The molecule has 1 fully saturated rings. The molecule has 0 bridgehead atoms. The highest BCUT2D eigenvalue weighted by Crippen LogP contribution is 2.18. The molecule has 0 aromatic heterocycles. The maximum absolute atomic E-state index is 13.6. The normalized spacial score (nSPS) is 15.2. The van der Waals surface area contributed by atoms with Gasteiger partial charge in [-0.2, -0.15) is 0 Å². The number of hydrogen-bond acceptors (Lipinski definition) is 3. The fourth-order valence-corrected chi connectivity index (χ4v) is 2.97. The van der Waals surface area contributed by atoms with E-state index < -0.39 is 11.6 Å². The third-order valence-corrected chi connectivity index (χ3v) is 4.31. The highest BCUT2D eigenvalue weighted by atomic mass is 19.1. The van der Waals surface area contributed by atoms with Crippen LogP contribution in [0.15, 0.2) is 42.5 Å². The Labute approximate surface area is 146 Å². The van der Waals surface area contributed by atoms with Crippen molar-refractivity contribution < 1.29 is 13.6 Å². The van der Waals surface area contributed by atoms with Gasteiger partial charge in [0, 0.05) is 37.9 Å². The molecule has 0 unspecified atom stereocenters. The van der Waals surface area contributed by atoms with Crippen molar-refractivity contribution >= 4 is 17.3 Å². The molecule has 132 valence electrons. The predicted octanol–water partition coefficient (Wildman–Crippen LogP) is 3.03. The largest absolute Gasteiger partial charge is 0.369 e. The highest BCUT2D eigenvalue weighted by molar-refractivity contribution is 5.92. The second kappa shape index (κ2) is 7.61. The van der Waals surface area contributed by atoms with Crippen molar-refractivity contribution in [3.63, 3.8) is 0 Å². The number of rotatable bonds is 4. The fourth-order valence-electron chi connectivity index (χ4n) is 2.97. The average molecular weight is 345 g/mol. The molecular weight excluding hydrogens is 324 g/mol. The van der Waals surface area contributed by atoms with Crippen molar-refractivity contribution in [1.29, 1.82) is 0 Å². The zero-order valence-electron chi connectivity index (χ0n) is 14.1. The summed E-state index contributed by atoms with van der Waals surface area (Å²) in [6, 6.07) is 11.5. The van der Waals surface area contributed by atoms with Gasteiger partial charge in [-0.3, -0.25) is 9.69 Å². The van der Waals surface area contributed by atoms with Crippen molar-refractivity contribution in [3.05, 3.63) is 59.7 Å². The summed E-state index contributed by atoms with van der Waals surface area (Å²) in [5, 5.41) is 2.50. The molecule has 4 nitrogen and oxygen atoms in total. The lowest BCUT2D eigenvalue weighted by Gasteiger charge is -2.35. The van der Waals surface area contributed by atoms with Crippen LogP contribution < -0.4 is 10.2 Å². The lowest BCUT2D eigenvalue weighted by Crippen LogP contribution is -2.48. The van der Waals surface area contributed by atoms with E-state index in [0.29, 0.717) is 0 Å². The van der Waals surface area contributed by atoms with E-state index in [1.165, 1.54) is 17.3 Å². The van der Waals surface area contributed by atoms with Crippen LogP contribution in [0.1, 0.15) is 5.56 Å². The van der Waals surface area contributed by atoms with Gasteiger partial charge in [0.25, 0.3) is 0 Å². The second-order valence-corrected chi connectivity index (χ2v) is 6.27. The molecule has 1 heterocycles. The third-order valence-electron chi connectivity index (χ3n) is 4.31. The van der Waals surface area contributed by atoms with Gasteiger partial charge in [-0.05, 0) is 36.8 Å². The zero-order chi connectivity index (χ0) is 17.8. The Balaban J connectivity index is 1.51. The van der Waals surface area contributed by atoms with Crippen LogP contribution in [0.25, 0.3) is 0 Å². The van der Waals surface area contributed by atoms with Crippen LogP contribution in [0.2, 0.25) is 0 Å². The van der Waals surface area contributed by atoms with Gasteiger partial charge in [-0.25, -0.2) is 8.78 Å². The maximum atomic E-state index is 13.6. The number of carbonyl (C=O) groups excluding carboxylic acids is 1. The topological polar surface area (TPSA) is 35.6 Å². The molecule has 1 saturated heterocycles. The number of benzene rings is 2. The lowest BCUT2D eigenvalue weighted by molar-refractivity contribution is -0.117. The molecule has 6 heteroatoms. The summed E-state index contributed by atoms with van der Waals surface area (Å²) in [7, 11) is 0. The number of carbonyl (C=O) groups is 1. The lowest BCUT2D eigenvalue weighted by atomic mass is 10.2.